The smallest absolute Gasteiger partial charge is 0.280 e. The van der Waals surface area contributed by atoms with Crippen LogP contribution < -0.4 is 5.56 Å². The Kier molecular flexibility index (Phi) is 3.57. The van der Waals surface area contributed by atoms with E-state index in [1.807, 2.05) is 28.8 Å². The zero-order chi connectivity index (χ0) is 20.9. The second kappa shape index (κ2) is 6.08. The number of carbonyl (C=O) groups excluding carboxylic acids is 1. The molecule has 6 aliphatic rings. The highest BCUT2D eigenvalue weighted by atomic mass is 16.1. The van der Waals surface area contributed by atoms with E-state index in [-0.39, 0.29) is 23.1 Å². The first kappa shape index (κ1) is 18.2. The molecule has 5 heteroatoms. The van der Waals surface area contributed by atoms with Gasteiger partial charge in [-0.1, -0.05) is 12.1 Å². The van der Waals surface area contributed by atoms with Gasteiger partial charge in [0.1, 0.15) is 0 Å². The maximum absolute atomic E-state index is 13.3. The molecule has 4 aliphatic carbocycles. The Hall–Kier alpha value is -2.43. The number of hydrogen-bond donors (Lipinski definition) is 0. The van der Waals surface area contributed by atoms with E-state index in [2.05, 4.69) is 16.1 Å². The fourth-order valence-electron chi connectivity index (χ4n) is 7.46. The van der Waals surface area contributed by atoms with Crippen molar-refractivity contribution in [1.29, 1.82) is 0 Å². The highest BCUT2D eigenvalue weighted by Gasteiger charge is 2.73. The normalized spacial score (nSPS) is 34.3. The summed E-state index contributed by atoms with van der Waals surface area (Å²) in [5, 5.41) is 0. The van der Waals surface area contributed by atoms with Crippen LogP contribution in [0.3, 0.4) is 0 Å². The molecule has 1 spiro atoms. The molecule has 2 aliphatic heterocycles. The van der Waals surface area contributed by atoms with Crippen molar-refractivity contribution in [2.45, 2.75) is 76.4 Å². The summed E-state index contributed by atoms with van der Waals surface area (Å²) in [6, 6.07) is 8.91. The molecule has 4 saturated carbocycles. The van der Waals surface area contributed by atoms with Crippen molar-refractivity contribution in [2.24, 2.45) is 17.3 Å². The van der Waals surface area contributed by atoms with Gasteiger partial charge >= 0.3 is 0 Å². The van der Waals surface area contributed by atoms with Crippen molar-refractivity contribution >= 4 is 16.8 Å². The summed E-state index contributed by atoms with van der Waals surface area (Å²) in [4.78, 5) is 32.6. The number of Topliss-reactive ketones (excluding diaryl/α,β-unsaturated/α-hetero) is 1. The van der Waals surface area contributed by atoms with Crippen LogP contribution in [0.5, 0.6) is 0 Å². The zero-order valence-corrected chi connectivity index (χ0v) is 18.1. The Morgan fingerprint density at radius 3 is 2.42 bits per heavy atom. The van der Waals surface area contributed by atoms with Gasteiger partial charge in [0.2, 0.25) is 0 Å². The summed E-state index contributed by atoms with van der Waals surface area (Å²) < 4.78 is 1.91. The molecule has 0 radical (unpaired) electrons. The van der Waals surface area contributed by atoms with Gasteiger partial charge in [-0.25, -0.2) is 4.98 Å². The minimum Gasteiger partial charge on any atom is -0.371 e. The van der Waals surface area contributed by atoms with Crippen LogP contribution in [0, 0.1) is 17.3 Å². The number of ketones is 1. The van der Waals surface area contributed by atoms with E-state index in [0.717, 1.165) is 41.1 Å². The topological polar surface area (TPSA) is 55.2 Å². The summed E-state index contributed by atoms with van der Waals surface area (Å²) in [6.07, 6.45) is 12.6. The molecule has 6 fully saturated rings. The lowest BCUT2D eigenvalue weighted by Gasteiger charge is -2.63. The molecule has 160 valence electrons. The van der Waals surface area contributed by atoms with E-state index in [1.54, 1.807) is 5.57 Å². The van der Waals surface area contributed by atoms with Gasteiger partial charge in [-0.3, -0.25) is 9.59 Å². The molecule has 8 rings (SSSR count). The van der Waals surface area contributed by atoms with Crippen molar-refractivity contribution in [3.63, 3.8) is 0 Å². The largest absolute Gasteiger partial charge is 0.371 e. The fourth-order valence-corrected chi connectivity index (χ4v) is 7.46. The first-order valence-corrected chi connectivity index (χ1v) is 12.1. The predicted octanol–water partition coefficient (Wildman–Crippen LogP) is 4.47. The summed E-state index contributed by atoms with van der Waals surface area (Å²) >= 11 is 0. The highest BCUT2D eigenvalue weighted by Crippen LogP contribution is 2.82. The minimum atomic E-state index is -0.245. The number of rotatable bonds is 3. The van der Waals surface area contributed by atoms with Gasteiger partial charge in [0.25, 0.3) is 5.56 Å². The van der Waals surface area contributed by atoms with Gasteiger partial charge < -0.3 is 9.47 Å². The van der Waals surface area contributed by atoms with Crippen LogP contribution in [-0.2, 0) is 0 Å². The Bertz CT molecular complexity index is 1180. The van der Waals surface area contributed by atoms with Gasteiger partial charge in [0.05, 0.1) is 11.0 Å². The molecule has 1 aromatic heterocycles. The van der Waals surface area contributed by atoms with Gasteiger partial charge in [0.15, 0.2) is 11.5 Å². The molecule has 0 amide bonds. The lowest BCUT2D eigenvalue weighted by molar-refractivity contribution is -0.0256. The molecular formula is C26H29N3O2. The maximum Gasteiger partial charge on any atom is 0.280 e. The number of aromatic nitrogens is 2. The molecule has 3 heterocycles. The van der Waals surface area contributed by atoms with E-state index in [0.29, 0.717) is 12.1 Å². The third-order valence-electron chi connectivity index (χ3n) is 9.29. The second-order valence-electron chi connectivity index (χ2n) is 10.7. The molecule has 3 unspecified atom stereocenters. The third kappa shape index (κ3) is 2.35. The lowest BCUT2D eigenvalue weighted by atomic mass is 9.42. The first-order chi connectivity index (χ1) is 15.1. The second-order valence-corrected chi connectivity index (χ2v) is 10.7. The molecule has 1 aromatic carbocycles. The van der Waals surface area contributed by atoms with Crippen molar-refractivity contribution in [2.75, 3.05) is 0 Å². The predicted molar refractivity (Wildman–Crippen MR) is 119 cm³/mol. The van der Waals surface area contributed by atoms with E-state index in [4.69, 9.17) is 0 Å². The number of nitrogens with zero attached hydrogens (tertiary/aromatic N) is 3. The number of fused-ring (bicyclic) bond motifs is 3. The Labute approximate surface area is 182 Å². The van der Waals surface area contributed by atoms with Crippen molar-refractivity contribution in [3.05, 3.63) is 52.1 Å². The Balaban J connectivity index is 1.25. The third-order valence-corrected chi connectivity index (χ3v) is 9.29. The Morgan fingerprint density at radius 2 is 1.77 bits per heavy atom. The van der Waals surface area contributed by atoms with E-state index in [9.17, 15) is 9.59 Å². The summed E-state index contributed by atoms with van der Waals surface area (Å²) in [5.74, 6) is 1.53. The quantitative estimate of drug-likeness (QED) is 0.694. The summed E-state index contributed by atoms with van der Waals surface area (Å²) in [5.41, 5.74) is 3.97. The molecule has 31 heavy (non-hydrogen) atoms. The van der Waals surface area contributed by atoms with Gasteiger partial charge in [-0.2, -0.15) is 0 Å². The molecule has 5 atom stereocenters. The lowest BCUT2D eigenvalue weighted by Crippen LogP contribution is -2.57. The number of carbonyl (C=O) groups is 1. The van der Waals surface area contributed by atoms with Crippen molar-refractivity contribution in [3.8, 4) is 0 Å². The van der Waals surface area contributed by atoms with E-state index in [1.165, 1.54) is 45.4 Å². The minimum absolute atomic E-state index is 0.0812. The highest BCUT2D eigenvalue weighted by molar-refractivity contribution is 5.93. The Morgan fingerprint density at radius 1 is 1.06 bits per heavy atom. The van der Waals surface area contributed by atoms with Gasteiger partial charge in [0, 0.05) is 25.0 Å². The summed E-state index contributed by atoms with van der Waals surface area (Å²) in [6.45, 7) is 1.45. The summed E-state index contributed by atoms with van der Waals surface area (Å²) in [7, 11) is 0. The van der Waals surface area contributed by atoms with Crippen LogP contribution in [0.2, 0.25) is 0 Å². The van der Waals surface area contributed by atoms with Crippen molar-refractivity contribution in [1.82, 2.24) is 14.5 Å². The van der Waals surface area contributed by atoms with E-state index >= 15 is 0 Å². The molecule has 5 nitrogen and oxygen atoms in total. The maximum atomic E-state index is 13.3. The number of para-hydroxylation sites is 2. The molecule has 2 aromatic rings. The number of hydrogen-bond acceptors (Lipinski definition) is 4. The van der Waals surface area contributed by atoms with Crippen LogP contribution in [0.1, 0.15) is 74.8 Å². The molecule has 0 N–H and O–H groups in total. The SMILES string of the molecule is CC(=O)c1nc2ccccc2n(C2C[C@H]3CCC[C@@H](C2)N3C=C2C3CC2C32CC2)c1=O. The molecule has 4 bridgehead atoms. The average Bonchev–Trinajstić information content (AvgIpc) is 3.54. The van der Waals surface area contributed by atoms with E-state index < -0.39 is 0 Å². The fraction of sp³-hybridized carbons (Fsp3) is 0.577. The molecule has 2 saturated heterocycles. The van der Waals surface area contributed by atoms with Crippen molar-refractivity contribution < 1.29 is 4.79 Å². The van der Waals surface area contributed by atoms with Crippen LogP contribution in [0.15, 0.2) is 40.8 Å². The zero-order valence-electron chi connectivity index (χ0n) is 18.1. The number of benzene rings is 1. The monoisotopic (exact) mass is 415 g/mol. The van der Waals surface area contributed by atoms with Crippen LogP contribution in [0.25, 0.3) is 11.0 Å². The van der Waals surface area contributed by atoms with Crippen LogP contribution >= 0.6 is 0 Å². The number of allylic oxidation sites excluding steroid dienone is 1. The standard InChI is InChI=1S/C26H29N3O2/c1-15(30)24-25(31)29(23-8-3-2-7-22(23)27-24)18-11-16-5-4-6-17(12-18)28(16)14-19-20-13-21(19)26(20)9-10-26/h2-3,7-8,14,16-18,20-21H,4-6,9-13H2,1H3/t16-,17+,18?,20?,21?. The van der Waals surface area contributed by atoms with Crippen LogP contribution in [0.4, 0.5) is 0 Å². The number of piperidine rings is 2. The first-order valence-electron chi connectivity index (χ1n) is 12.1. The molecular weight excluding hydrogens is 386 g/mol. The van der Waals surface area contributed by atoms with Gasteiger partial charge in [-0.15, -0.1) is 0 Å². The average molecular weight is 416 g/mol. The van der Waals surface area contributed by atoms with Gasteiger partial charge in [-0.05, 0) is 92.5 Å². The van der Waals surface area contributed by atoms with Crippen LogP contribution in [-0.4, -0.2) is 32.3 Å².